The number of amides is 1. The molecule has 1 N–H and O–H groups in total. The Balaban J connectivity index is 1.59. The van der Waals surface area contributed by atoms with Gasteiger partial charge in [-0.25, -0.2) is 0 Å². The van der Waals surface area contributed by atoms with Crippen molar-refractivity contribution in [2.75, 3.05) is 5.32 Å². The van der Waals surface area contributed by atoms with E-state index >= 15 is 0 Å². The van der Waals surface area contributed by atoms with Crippen LogP contribution in [0.5, 0.6) is 0 Å². The van der Waals surface area contributed by atoms with Gasteiger partial charge >= 0.3 is 0 Å². The maximum absolute atomic E-state index is 13.5. The van der Waals surface area contributed by atoms with Gasteiger partial charge < -0.3 is 9.88 Å². The van der Waals surface area contributed by atoms with Gasteiger partial charge in [-0.1, -0.05) is 48.0 Å². The van der Waals surface area contributed by atoms with Gasteiger partial charge in [0, 0.05) is 27.9 Å². The Morgan fingerprint density at radius 2 is 1.56 bits per heavy atom. The minimum Gasteiger partial charge on any atom is -0.337 e. The number of fused-ring (bicyclic) bond motifs is 2. The first kappa shape index (κ1) is 23.5. The Hall–Kier alpha value is -4.22. The van der Waals surface area contributed by atoms with Gasteiger partial charge in [0.25, 0.3) is 0 Å². The summed E-state index contributed by atoms with van der Waals surface area (Å²) in [6.45, 7) is 3.80. The van der Waals surface area contributed by atoms with Crippen LogP contribution in [0.1, 0.15) is 27.0 Å². The molecule has 0 aliphatic carbocycles. The number of hydrogen-bond donors (Lipinski definition) is 1. The molecule has 0 fully saturated rings. The van der Waals surface area contributed by atoms with E-state index in [1.54, 1.807) is 47.0 Å². The monoisotopic (exact) mass is 494 g/mol. The fourth-order valence-electron chi connectivity index (χ4n) is 4.32. The summed E-state index contributed by atoms with van der Waals surface area (Å²) in [4.78, 5) is 39.9. The zero-order valence-corrected chi connectivity index (χ0v) is 20.6. The molecule has 178 valence electrons. The van der Waals surface area contributed by atoms with Gasteiger partial charge in [-0.3, -0.25) is 14.4 Å². The van der Waals surface area contributed by atoms with Crippen molar-refractivity contribution in [2.45, 2.75) is 20.4 Å². The average molecular weight is 495 g/mol. The van der Waals surface area contributed by atoms with Crippen molar-refractivity contribution in [1.29, 1.82) is 0 Å². The van der Waals surface area contributed by atoms with Crippen molar-refractivity contribution >= 4 is 50.7 Å². The van der Waals surface area contributed by atoms with Crippen molar-refractivity contribution in [3.63, 3.8) is 0 Å². The highest BCUT2D eigenvalue weighted by atomic mass is 35.5. The normalized spacial score (nSPS) is 11.1. The fraction of sp³-hybridized carbons (Fsp3) is 0.100. The summed E-state index contributed by atoms with van der Waals surface area (Å²) < 4.78 is 1.67. The van der Waals surface area contributed by atoms with Crippen LogP contribution >= 0.6 is 11.6 Å². The predicted octanol–water partition coefficient (Wildman–Crippen LogP) is 6.29. The van der Waals surface area contributed by atoms with Crippen molar-refractivity contribution in [2.24, 2.45) is 0 Å². The van der Waals surface area contributed by atoms with Crippen LogP contribution in [0.15, 0.2) is 89.9 Å². The van der Waals surface area contributed by atoms with E-state index in [1.165, 1.54) is 6.20 Å². The highest BCUT2D eigenvalue weighted by Gasteiger charge is 2.19. The highest BCUT2D eigenvalue weighted by molar-refractivity contribution is 6.30. The second kappa shape index (κ2) is 9.44. The second-order valence-corrected chi connectivity index (χ2v) is 9.34. The minimum atomic E-state index is -0.377. The fourth-order valence-corrected chi connectivity index (χ4v) is 4.44. The molecule has 0 unspecified atom stereocenters. The van der Waals surface area contributed by atoms with E-state index in [1.807, 2.05) is 50.2 Å². The van der Waals surface area contributed by atoms with Crippen molar-refractivity contribution in [3.8, 4) is 0 Å². The molecular formula is C30H23ClN2O3. The third kappa shape index (κ3) is 4.53. The number of pyridine rings is 1. The number of rotatable bonds is 5. The molecular weight excluding hydrogens is 472 g/mol. The summed E-state index contributed by atoms with van der Waals surface area (Å²) >= 11 is 5.94. The summed E-state index contributed by atoms with van der Waals surface area (Å²) in [7, 11) is 0. The maximum Gasteiger partial charge on any atom is 0.244 e. The van der Waals surface area contributed by atoms with E-state index in [2.05, 4.69) is 5.32 Å². The number of hydrogen-bond acceptors (Lipinski definition) is 3. The average Bonchev–Trinajstić information content (AvgIpc) is 2.87. The van der Waals surface area contributed by atoms with E-state index in [-0.39, 0.29) is 29.2 Å². The Kier molecular flexibility index (Phi) is 6.17. The topological polar surface area (TPSA) is 68.2 Å². The van der Waals surface area contributed by atoms with Crippen molar-refractivity contribution < 1.29 is 9.59 Å². The molecule has 0 aliphatic heterocycles. The lowest BCUT2D eigenvalue weighted by Gasteiger charge is -2.15. The first-order valence-electron chi connectivity index (χ1n) is 11.5. The first-order valence-corrected chi connectivity index (χ1v) is 11.9. The number of ketones is 1. The zero-order valence-electron chi connectivity index (χ0n) is 19.8. The van der Waals surface area contributed by atoms with Crippen LogP contribution in [0, 0.1) is 13.8 Å². The van der Waals surface area contributed by atoms with E-state index < -0.39 is 0 Å². The number of aryl methyl sites for hydroxylation is 2. The molecule has 5 nitrogen and oxygen atoms in total. The summed E-state index contributed by atoms with van der Waals surface area (Å²) in [6, 6.07) is 23.6. The minimum absolute atomic E-state index is 0.0281. The smallest absolute Gasteiger partial charge is 0.244 e. The van der Waals surface area contributed by atoms with Crippen LogP contribution in [0.25, 0.3) is 21.7 Å². The molecule has 0 aliphatic rings. The number of nitrogens with zero attached hydrogens (tertiary/aromatic N) is 1. The van der Waals surface area contributed by atoms with Gasteiger partial charge in [-0.2, -0.15) is 0 Å². The summed E-state index contributed by atoms with van der Waals surface area (Å²) in [5, 5.41) is 5.74. The van der Waals surface area contributed by atoms with E-state index in [9.17, 15) is 14.4 Å². The molecule has 5 aromatic rings. The Morgan fingerprint density at radius 3 is 2.31 bits per heavy atom. The van der Waals surface area contributed by atoms with Crippen LogP contribution < -0.4 is 10.7 Å². The second-order valence-electron chi connectivity index (χ2n) is 8.90. The quantitative estimate of drug-likeness (QED) is 0.292. The first-order chi connectivity index (χ1) is 17.3. The zero-order chi connectivity index (χ0) is 25.4. The number of aromatic nitrogens is 1. The molecule has 0 radical (unpaired) electrons. The van der Waals surface area contributed by atoms with Crippen molar-refractivity contribution in [3.05, 3.63) is 123 Å². The van der Waals surface area contributed by atoms with E-state index in [0.717, 1.165) is 21.9 Å². The molecule has 5 rings (SSSR count). The highest BCUT2D eigenvalue weighted by Crippen LogP contribution is 2.22. The van der Waals surface area contributed by atoms with Crippen molar-refractivity contribution in [1.82, 2.24) is 4.57 Å². The molecule has 1 aromatic heterocycles. The molecule has 0 spiro atoms. The number of carbonyl (C=O) groups excluding carboxylic acids is 2. The van der Waals surface area contributed by atoms with Crippen LogP contribution in [0.4, 0.5) is 5.69 Å². The summed E-state index contributed by atoms with van der Waals surface area (Å²) in [6.07, 6.45) is 1.50. The lowest BCUT2D eigenvalue weighted by molar-refractivity contribution is -0.116. The standard InChI is InChI=1S/C30H23ClN2O3/c1-18-13-25-27(14-19(18)2)33(17-28(34)32-24-11-9-23(31)10-12-24)16-26(30(25)36)29(35)22-8-7-20-5-3-4-6-21(20)15-22/h3-16H,17H2,1-2H3,(H,32,34). The van der Waals surface area contributed by atoms with Gasteiger partial charge in [-0.15, -0.1) is 0 Å². The van der Waals surface area contributed by atoms with E-state index in [4.69, 9.17) is 11.6 Å². The van der Waals surface area contributed by atoms with Gasteiger partial charge in [0.05, 0.1) is 11.1 Å². The molecule has 0 saturated heterocycles. The largest absolute Gasteiger partial charge is 0.337 e. The lowest BCUT2D eigenvalue weighted by atomic mass is 9.98. The maximum atomic E-state index is 13.5. The van der Waals surface area contributed by atoms with Crippen LogP contribution in [0.2, 0.25) is 5.02 Å². The predicted molar refractivity (Wildman–Crippen MR) is 145 cm³/mol. The third-order valence-electron chi connectivity index (χ3n) is 6.39. The molecule has 36 heavy (non-hydrogen) atoms. The number of halogens is 1. The number of carbonyl (C=O) groups is 2. The number of nitrogens with one attached hydrogen (secondary N) is 1. The number of anilines is 1. The summed E-state index contributed by atoms with van der Waals surface area (Å²) in [5.74, 6) is -0.664. The van der Waals surface area contributed by atoms with Crippen LogP contribution in [0.3, 0.4) is 0 Å². The Labute approximate surface area is 213 Å². The third-order valence-corrected chi connectivity index (χ3v) is 6.65. The van der Waals surface area contributed by atoms with Gasteiger partial charge in [0.2, 0.25) is 11.3 Å². The number of benzene rings is 4. The molecule has 4 aromatic carbocycles. The molecule has 6 heteroatoms. The van der Waals surface area contributed by atoms with Gasteiger partial charge in [0.1, 0.15) is 6.54 Å². The summed E-state index contributed by atoms with van der Waals surface area (Å²) in [5.41, 5.74) is 3.24. The van der Waals surface area contributed by atoms with Crippen LogP contribution in [-0.2, 0) is 11.3 Å². The Bertz CT molecular complexity index is 1720. The van der Waals surface area contributed by atoms with Crippen LogP contribution in [-0.4, -0.2) is 16.3 Å². The van der Waals surface area contributed by atoms with E-state index in [0.29, 0.717) is 27.2 Å². The molecule has 0 saturated carbocycles. The molecule has 1 heterocycles. The SMILES string of the molecule is Cc1cc2c(=O)c(C(=O)c3ccc4ccccc4c3)cn(CC(=O)Nc3ccc(Cl)cc3)c2cc1C. The molecule has 0 atom stereocenters. The molecule has 0 bridgehead atoms. The Morgan fingerprint density at radius 1 is 0.861 bits per heavy atom. The molecule has 1 amide bonds. The lowest BCUT2D eigenvalue weighted by Crippen LogP contribution is -2.24. The van der Waals surface area contributed by atoms with Gasteiger partial charge in [0.15, 0.2) is 5.78 Å². The van der Waals surface area contributed by atoms with Gasteiger partial charge in [-0.05, 0) is 78.2 Å².